The number of halogens is 1. The average Bonchev–Trinajstić information content (AvgIpc) is 2.49. The molecule has 0 aromatic heterocycles. The summed E-state index contributed by atoms with van der Waals surface area (Å²) in [6.45, 7) is 3.64. The van der Waals surface area contributed by atoms with Crippen LogP contribution in [0.5, 0.6) is 5.75 Å². The number of hydrogen-bond acceptors (Lipinski definition) is 3. The van der Waals surface area contributed by atoms with Crippen LogP contribution in [0.2, 0.25) is 5.02 Å². The molecule has 2 aromatic rings. The van der Waals surface area contributed by atoms with Crippen molar-refractivity contribution in [1.82, 2.24) is 0 Å². The molecule has 0 saturated heterocycles. The maximum atomic E-state index is 12.3. The minimum absolute atomic E-state index is 0.115. The molecule has 1 atom stereocenters. The Balaban J connectivity index is 2.14. The Morgan fingerprint density at radius 2 is 1.90 bits per heavy atom. The second-order valence-electron chi connectivity index (χ2n) is 4.75. The lowest BCUT2D eigenvalue weighted by Crippen LogP contribution is -2.24. The number of carbonyl (C=O) groups is 1. The first kappa shape index (κ1) is 15.1. The highest BCUT2D eigenvalue weighted by Gasteiger charge is 2.18. The molecule has 0 amide bonds. The summed E-state index contributed by atoms with van der Waals surface area (Å²) in [5, 5.41) is 9.11. The summed E-state index contributed by atoms with van der Waals surface area (Å²) >= 11 is 6.04. The van der Waals surface area contributed by atoms with Gasteiger partial charge in [-0.05, 0) is 32.0 Å². The molecule has 0 spiro atoms. The number of ether oxygens (including phenoxy) is 1. The van der Waals surface area contributed by atoms with E-state index in [1.54, 1.807) is 31.2 Å². The summed E-state index contributed by atoms with van der Waals surface area (Å²) in [7, 11) is 0. The highest BCUT2D eigenvalue weighted by Crippen LogP contribution is 2.26. The van der Waals surface area contributed by atoms with Crippen molar-refractivity contribution in [3.63, 3.8) is 0 Å². The van der Waals surface area contributed by atoms with Crippen LogP contribution in [0.4, 0.5) is 0 Å². The van der Waals surface area contributed by atoms with Crippen LogP contribution < -0.4 is 4.74 Å². The van der Waals surface area contributed by atoms with Crippen molar-refractivity contribution in [2.75, 3.05) is 0 Å². The topological polar surface area (TPSA) is 50.1 Å². The Morgan fingerprint density at radius 1 is 1.24 bits per heavy atom. The first-order valence-electron chi connectivity index (χ1n) is 6.48. The summed E-state index contributed by atoms with van der Waals surface area (Å²) in [6.07, 6.45) is -0.654. The standard InChI is InChI=1S/C17H14ClNO2/c1-11-3-6-14(7-4-11)17(20)12(2)21-16-8-5-13(10-19)9-15(16)18/h3-9,12H,1-2H3. The molecule has 0 N–H and O–H groups in total. The number of Topliss-reactive ketones (excluding diaryl/α,β-unsaturated/α-hetero) is 1. The summed E-state index contributed by atoms with van der Waals surface area (Å²) in [4.78, 5) is 12.3. The Morgan fingerprint density at radius 3 is 2.48 bits per heavy atom. The Kier molecular flexibility index (Phi) is 4.62. The molecular weight excluding hydrogens is 286 g/mol. The quantitative estimate of drug-likeness (QED) is 0.796. The van der Waals surface area contributed by atoms with Gasteiger partial charge in [-0.1, -0.05) is 41.4 Å². The van der Waals surface area contributed by atoms with Crippen LogP contribution in [-0.2, 0) is 0 Å². The van der Waals surface area contributed by atoms with Crippen LogP contribution in [0.15, 0.2) is 42.5 Å². The average molecular weight is 300 g/mol. The van der Waals surface area contributed by atoms with Crippen molar-refractivity contribution in [2.45, 2.75) is 20.0 Å². The molecule has 0 aliphatic rings. The number of ketones is 1. The Hall–Kier alpha value is -2.31. The zero-order chi connectivity index (χ0) is 15.4. The third-order valence-corrected chi connectivity index (χ3v) is 3.37. The fourth-order valence-corrected chi connectivity index (χ4v) is 2.09. The number of aryl methyl sites for hydroxylation is 1. The SMILES string of the molecule is Cc1ccc(C(=O)C(C)Oc2ccc(C#N)cc2Cl)cc1. The molecule has 3 nitrogen and oxygen atoms in total. The number of hydrogen-bond donors (Lipinski definition) is 0. The van der Waals surface area contributed by atoms with Crippen molar-refractivity contribution in [3.05, 3.63) is 64.2 Å². The van der Waals surface area contributed by atoms with Crippen LogP contribution in [0, 0.1) is 18.3 Å². The first-order chi connectivity index (χ1) is 10.0. The van der Waals surface area contributed by atoms with Gasteiger partial charge in [0, 0.05) is 5.56 Å². The predicted molar refractivity (Wildman–Crippen MR) is 81.8 cm³/mol. The largest absolute Gasteiger partial charge is 0.481 e. The number of carbonyl (C=O) groups excluding carboxylic acids is 1. The molecule has 21 heavy (non-hydrogen) atoms. The maximum absolute atomic E-state index is 12.3. The predicted octanol–water partition coefficient (Wildman–Crippen LogP) is 4.17. The lowest BCUT2D eigenvalue weighted by atomic mass is 10.1. The minimum atomic E-state index is -0.654. The second kappa shape index (κ2) is 6.43. The summed E-state index contributed by atoms with van der Waals surface area (Å²) in [5.74, 6) is 0.277. The number of benzene rings is 2. The van der Waals surface area contributed by atoms with Crippen LogP contribution >= 0.6 is 11.6 Å². The van der Waals surface area contributed by atoms with Gasteiger partial charge in [-0.15, -0.1) is 0 Å². The number of nitrogens with zero attached hydrogens (tertiary/aromatic N) is 1. The monoisotopic (exact) mass is 299 g/mol. The highest BCUT2D eigenvalue weighted by molar-refractivity contribution is 6.32. The Bertz CT molecular complexity index is 702. The fourth-order valence-electron chi connectivity index (χ4n) is 1.86. The van der Waals surface area contributed by atoms with Gasteiger partial charge in [0.1, 0.15) is 5.75 Å². The van der Waals surface area contributed by atoms with Crippen LogP contribution in [0.25, 0.3) is 0 Å². The normalized spacial score (nSPS) is 11.5. The summed E-state index contributed by atoms with van der Waals surface area (Å²) in [5.41, 5.74) is 2.14. The molecule has 0 radical (unpaired) electrons. The van der Waals surface area contributed by atoms with Gasteiger partial charge >= 0.3 is 0 Å². The molecule has 0 aliphatic carbocycles. The van der Waals surface area contributed by atoms with E-state index in [0.29, 0.717) is 21.9 Å². The van der Waals surface area contributed by atoms with Gasteiger partial charge in [0.25, 0.3) is 0 Å². The molecule has 0 bridgehead atoms. The van der Waals surface area contributed by atoms with Crippen LogP contribution in [-0.4, -0.2) is 11.9 Å². The van der Waals surface area contributed by atoms with Gasteiger partial charge in [-0.2, -0.15) is 5.26 Å². The van der Waals surface area contributed by atoms with Crippen molar-refractivity contribution in [2.24, 2.45) is 0 Å². The van der Waals surface area contributed by atoms with Crippen molar-refractivity contribution >= 4 is 17.4 Å². The Labute approximate surface area is 128 Å². The highest BCUT2D eigenvalue weighted by atomic mass is 35.5. The van der Waals surface area contributed by atoms with Gasteiger partial charge in [0.05, 0.1) is 16.7 Å². The van der Waals surface area contributed by atoms with E-state index in [1.165, 1.54) is 6.07 Å². The van der Waals surface area contributed by atoms with Gasteiger partial charge in [-0.3, -0.25) is 4.79 Å². The second-order valence-corrected chi connectivity index (χ2v) is 5.15. The van der Waals surface area contributed by atoms with E-state index in [-0.39, 0.29) is 5.78 Å². The molecule has 1 unspecified atom stereocenters. The van der Waals surface area contributed by atoms with Crippen LogP contribution in [0.3, 0.4) is 0 Å². The van der Waals surface area contributed by atoms with E-state index in [0.717, 1.165) is 5.56 Å². The zero-order valence-electron chi connectivity index (χ0n) is 11.8. The van der Waals surface area contributed by atoms with E-state index >= 15 is 0 Å². The molecule has 0 fully saturated rings. The van der Waals surface area contributed by atoms with E-state index in [4.69, 9.17) is 21.6 Å². The molecule has 4 heteroatoms. The fraction of sp³-hybridized carbons (Fsp3) is 0.176. The molecule has 0 aliphatic heterocycles. The third-order valence-electron chi connectivity index (χ3n) is 3.07. The van der Waals surface area contributed by atoms with Gasteiger partial charge in [0.15, 0.2) is 6.10 Å². The first-order valence-corrected chi connectivity index (χ1v) is 6.86. The van der Waals surface area contributed by atoms with E-state index in [9.17, 15) is 4.79 Å². The third kappa shape index (κ3) is 3.62. The minimum Gasteiger partial charge on any atom is -0.481 e. The molecule has 2 aromatic carbocycles. The van der Waals surface area contributed by atoms with Crippen molar-refractivity contribution in [3.8, 4) is 11.8 Å². The van der Waals surface area contributed by atoms with Crippen molar-refractivity contribution in [1.29, 1.82) is 5.26 Å². The summed E-state index contributed by atoms with van der Waals surface area (Å²) < 4.78 is 5.60. The van der Waals surface area contributed by atoms with Gasteiger partial charge < -0.3 is 4.74 Å². The number of rotatable bonds is 4. The van der Waals surface area contributed by atoms with Gasteiger partial charge in [0.2, 0.25) is 5.78 Å². The molecule has 2 rings (SSSR count). The molecule has 106 valence electrons. The smallest absolute Gasteiger partial charge is 0.202 e. The summed E-state index contributed by atoms with van der Waals surface area (Å²) in [6, 6.07) is 14.0. The molecular formula is C17H14ClNO2. The lowest BCUT2D eigenvalue weighted by molar-refractivity contribution is 0.0818. The van der Waals surface area contributed by atoms with E-state index < -0.39 is 6.10 Å². The molecule has 0 saturated carbocycles. The van der Waals surface area contributed by atoms with E-state index in [1.807, 2.05) is 25.1 Å². The number of nitriles is 1. The van der Waals surface area contributed by atoms with Gasteiger partial charge in [-0.25, -0.2) is 0 Å². The lowest BCUT2D eigenvalue weighted by Gasteiger charge is -2.15. The maximum Gasteiger partial charge on any atom is 0.202 e. The zero-order valence-corrected chi connectivity index (χ0v) is 12.5. The van der Waals surface area contributed by atoms with Crippen molar-refractivity contribution < 1.29 is 9.53 Å². The van der Waals surface area contributed by atoms with E-state index in [2.05, 4.69) is 0 Å². The van der Waals surface area contributed by atoms with Crippen LogP contribution in [0.1, 0.15) is 28.4 Å². The molecule has 0 heterocycles.